The summed E-state index contributed by atoms with van der Waals surface area (Å²) >= 11 is 1.94. The van der Waals surface area contributed by atoms with E-state index in [0.29, 0.717) is 12.6 Å². The van der Waals surface area contributed by atoms with Gasteiger partial charge in [-0.05, 0) is 82.8 Å². The van der Waals surface area contributed by atoms with Crippen molar-refractivity contribution >= 4 is 22.2 Å². The van der Waals surface area contributed by atoms with E-state index in [1.165, 1.54) is 37.5 Å². The Hall–Kier alpha value is -1.69. The SMILES string of the molecule is Cc1cc([C@@H]2c3[nH]c4ccccc4c3C[C@@H](C)N2CC(C)(C)F)sc1CC1CNC1. The zero-order valence-corrected chi connectivity index (χ0v) is 19.2. The number of benzene rings is 1. The summed E-state index contributed by atoms with van der Waals surface area (Å²) in [5, 5.41) is 4.70. The molecular weight excluding hydrogens is 393 g/mol. The van der Waals surface area contributed by atoms with Gasteiger partial charge < -0.3 is 10.3 Å². The first-order valence-corrected chi connectivity index (χ1v) is 12.0. The van der Waals surface area contributed by atoms with E-state index in [1.54, 1.807) is 13.8 Å². The molecule has 0 amide bonds. The summed E-state index contributed by atoms with van der Waals surface area (Å²) < 4.78 is 14.9. The van der Waals surface area contributed by atoms with Crippen molar-refractivity contribution in [2.75, 3.05) is 19.6 Å². The van der Waals surface area contributed by atoms with Crippen LogP contribution in [0.25, 0.3) is 10.9 Å². The molecule has 1 aromatic carbocycles. The van der Waals surface area contributed by atoms with Crippen molar-refractivity contribution in [3.8, 4) is 0 Å². The van der Waals surface area contributed by atoms with Gasteiger partial charge >= 0.3 is 0 Å². The van der Waals surface area contributed by atoms with E-state index in [2.05, 4.69) is 59.4 Å². The first-order chi connectivity index (χ1) is 14.3. The summed E-state index contributed by atoms with van der Waals surface area (Å²) in [6.45, 7) is 10.6. The standard InChI is InChI=1S/C25H32FN3S/c1-15-9-22(30-21(15)11-17-12-27-13-17)24-23-19(18-7-5-6-8-20(18)28-23)10-16(2)29(24)14-25(3,4)26/h5-9,16-17,24,27-28H,10-14H2,1-4H3/t16-,24-/m1/s1. The fourth-order valence-electron chi connectivity index (χ4n) is 5.13. The molecule has 160 valence electrons. The Bertz CT molecular complexity index is 1060. The largest absolute Gasteiger partial charge is 0.357 e. The smallest absolute Gasteiger partial charge is 0.118 e. The first kappa shape index (κ1) is 20.2. The maximum absolute atomic E-state index is 14.9. The molecule has 3 aromatic rings. The molecule has 0 unspecified atom stereocenters. The molecule has 0 spiro atoms. The third kappa shape index (κ3) is 3.61. The van der Waals surface area contributed by atoms with Crippen molar-refractivity contribution in [2.24, 2.45) is 5.92 Å². The third-order valence-electron chi connectivity index (χ3n) is 6.73. The zero-order valence-electron chi connectivity index (χ0n) is 18.4. The molecule has 5 rings (SSSR count). The Morgan fingerprint density at radius 3 is 2.70 bits per heavy atom. The lowest BCUT2D eigenvalue weighted by atomic mass is 9.90. The van der Waals surface area contributed by atoms with E-state index in [9.17, 15) is 4.39 Å². The fourth-order valence-corrected chi connectivity index (χ4v) is 6.56. The van der Waals surface area contributed by atoms with Crippen molar-refractivity contribution in [1.82, 2.24) is 15.2 Å². The van der Waals surface area contributed by atoms with Gasteiger partial charge in [0.05, 0.1) is 6.04 Å². The predicted octanol–water partition coefficient (Wildman–Crippen LogP) is 5.38. The zero-order chi connectivity index (χ0) is 21.0. The lowest BCUT2D eigenvalue weighted by molar-refractivity contribution is 0.0679. The summed E-state index contributed by atoms with van der Waals surface area (Å²) in [7, 11) is 0. The number of hydrogen-bond acceptors (Lipinski definition) is 3. The molecule has 3 nitrogen and oxygen atoms in total. The molecule has 0 saturated carbocycles. The Morgan fingerprint density at radius 2 is 2.00 bits per heavy atom. The number of aromatic amines is 1. The molecule has 30 heavy (non-hydrogen) atoms. The van der Waals surface area contributed by atoms with Crippen LogP contribution in [0.3, 0.4) is 0 Å². The molecule has 0 bridgehead atoms. The molecular formula is C25H32FN3S. The highest BCUT2D eigenvalue weighted by molar-refractivity contribution is 7.12. The number of halogens is 1. The van der Waals surface area contributed by atoms with Crippen LogP contribution in [0.15, 0.2) is 30.3 Å². The van der Waals surface area contributed by atoms with Gasteiger partial charge in [0.25, 0.3) is 0 Å². The van der Waals surface area contributed by atoms with Gasteiger partial charge in [-0.3, -0.25) is 4.90 Å². The molecule has 5 heteroatoms. The van der Waals surface area contributed by atoms with Crippen molar-refractivity contribution < 1.29 is 4.39 Å². The monoisotopic (exact) mass is 425 g/mol. The Morgan fingerprint density at radius 1 is 1.23 bits per heavy atom. The van der Waals surface area contributed by atoms with E-state index in [1.807, 2.05) is 11.3 Å². The van der Waals surface area contributed by atoms with Crippen molar-refractivity contribution in [1.29, 1.82) is 0 Å². The second kappa shape index (κ2) is 7.47. The number of hydrogen-bond donors (Lipinski definition) is 2. The van der Waals surface area contributed by atoms with Gasteiger partial charge in [0, 0.05) is 38.9 Å². The van der Waals surface area contributed by atoms with Crippen LogP contribution in [-0.2, 0) is 12.8 Å². The van der Waals surface area contributed by atoms with Gasteiger partial charge in [0.15, 0.2) is 0 Å². The minimum absolute atomic E-state index is 0.0862. The Balaban J connectivity index is 1.61. The van der Waals surface area contributed by atoms with E-state index < -0.39 is 5.67 Å². The van der Waals surface area contributed by atoms with Crippen molar-refractivity contribution in [3.05, 3.63) is 56.9 Å². The van der Waals surface area contributed by atoms with Gasteiger partial charge in [0.2, 0.25) is 0 Å². The predicted molar refractivity (Wildman–Crippen MR) is 124 cm³/mol. The molecule has 2 aliphatic heterocycles. The topological polar surface area (TPSA) is 31.1 Å². The van der Waals surface area contributed by atoms with Gasteiger partial charge in [-0.25, -0.2) is 4.39 Å². The highest BCUT2D eigenvalue weighted by Crippen LogP contribution is 2.44. The van der Waals surface area contributed by atoms with Gasteiger partial charge in [-0.15, -0.1) is 11.3 Å². The minimum atomic E-state index is -1.23. The first-order valence-electron chi connectivity index (χ1n) is 11.1. The van der Waals surface area contributed by atoms with E-state index in [0.717, 1.165) is 31.8 Å². The lowest BCUT2D eigenvalue weighted by Crippen LogP contribution is -2.47. The van der Waals surface area contributed by atoms with E-state index in [4.69, 9.17) is 0 Å². The normalized spacial score (nSPS) is 23.0. The third-order valence-corrected chi connectivity index (χ3v) is 8.04. The highest BCUT2D eigenvalue weighted by Gasteiger charge is 2.39. The Labute approximate surface area is 182 Å². The van der Waals surface area contributed by atoms with Crippen LogP contribution >= 0.6 is 11.3 Å². The van der Waals surface area contributed by atoms with Gasteiger partial charge in [-0.2, -0.15) is 0 Å². The number of H-pyrrole nitrogens is 1. The van der Waals surface area contributed by atoms with Gasteiger partial charge in [0.1, 0.15) is 5.67 Å². The number of thiophene rings is 1. The number of nitrogens with one attached hydrogen (secondary N) is 2. The van der Waals surface area contributed by atoms with Crippen LogP contribution < -0.4 is 5.32 Å². The van der Waals surface area contributed by atoms with Gasteiger partial charge in [-0.1, -0.05) is 18.2 Å². The summed E-state index contributed by atoms with van der Waals surface area (Å²) in [6.07, 6.45) is 2.11. The fraction of sp³-hybridized carbons (Fsp3) is 0.520. The maximum Gasteiger partial charge on any atom is 0.118 e. The van der Waals surface area contributed by atoms with Crippen molar-refractivity contribution in [3.63, 3.8) is 0 Å². The molecule has 4 heterocycles. The van der Waals surface area contributed by atoms with Crippen LogP contribution in [-0.4, -0.2) is 41.2 Å². The second-order valence-electron chi connectivity index (χ2n) is 9.89. The van der Waals surface area contributed by atoms with Crippen LogP contribution in [0.5, 0.6) is 0 Å². The second-order valence-corrected chi connectivity index (χ2v) is 11.1. The minimum Gasteiger partial charge on any atom is -0.357 e. The molecule has 1 saturated heterocycles. The molecule has 2 atom stereocenters. The van der Waals surface area contributed by atoms with Crippen LogP contribution in [0.1, 0.15) is 53.4 Å². The number of para-hydroxylation sites is 1. The molecule has 2 aliphatic rings. The molecule has 1 fully saturated rings. The summed E-state index contributed by atoms with van der Waals surface area (Å²) in [5.41, 5.74) is 4.01. The van der Waals surface area contributed by atoms with Crippen LogP contribution in [0.4, 0.5) is 4.39 Å². The summed E-state index contributed by atoms with van der Waals surface area (Å²) in [4.78, 5) is 8.95. The highest BCUT2D eigenvalue weighted by atomic mass is 32.1. The number of aromatic nitrogens is 1. The maximum atomic E-state index is 14.9. The average molecular weight is 426 g/mol. The lowest BCUT2D eigenvalue weighted by Gasteiger charge is -2.42. The molecule has 2 N–H and O–H groups in total. The molecule has 2 aromatic heterocycles. The summed E-state index contributed by atoms with van der Waals surface area (Å²) in [6, 6.07) is 11.3. The van der Waals surface area contributed by atoms with E-state index in [-0.39, 0.29) is 6.04 Å². The average Bonchev–Trinajstić information content (AvgIpc) is 3.18. The van der Waals surface area contributed by atoms with Crippen LogP contribution in [0.2, 0.25) is 0 Å². The number of fused-ring (bicyclic) bond motifs is 3. The quantitative estimate of drug-likeness (QED) is 0.575. The molecule has 0 aliphatic carbocycles. The number of nitrogens with zero attached hydrogens (tertiary/aromatic N) is 1. The Kier molecular flexibility index (Phi) is 5.04. The number of rotatable bonds is 5. The molecule has 0 radical (unpaired) electrons. The van der Waals surface area contributed by atoms with E-state index >= 15 is 0 Å². The summed E-state index contributed by atoms with van der Waals surface area (Å²) in [5.74, 6) is 0.755. The van der Waals surface area contributed by atoms with Crippen LogP contribution in [0, 0.1) is 12.8 Å². The number of aryl methyl sites for hydroxylation is 1. The van der Waals surface area contributed by atoms with Crippen molar-refractivity contribution in [2.45, 2.75) is 58.3 Å². The number of alkyl halides is 1.